The minimum absolute atomic E-state index is 0.854. The molecule has 0 aromatic rings. The van der Waals surface area contributed by atoms with Gasteiger partial charge in [-0.1, -0.05) is 25.5 Å². The van der Waals surface area contributed by atoms with Crippen LogP contribution in [-0.4, -0.2) is 13.2 Å². The van der Waals surface area contributed by atoms with Crippen LogP contribution in [0.1, 0.15) is 33.6 Å². The Labute approximate surface area is 75.1 Å². The normalized spacial score (nSPS) is 21.1. The van der Waals surface area contributed by atoms with Crippen LogP contribution in [0.5, 0.6) is 0 Å². The summed E-state index contributed by atoms with van der Waals surface area (Å²) in [7, 11) is 0. The number of hydrogen-bond donors (Lipinski definition) is 0. The van der Waals surface area contributed by atoms with Gasteiger partial charge in [0.1, 0.15) is 0 Å². The summed E-state index contributed by atoms with van der Waals surface area (Å²) in [5, 5.41) is 0. The van der Waals surface area contributed by atoms with Gasteiger partial charge in [0.05, 0.1) is 13.2 Å². The van der Waals surface area contributed by atoms with Crippen molar-refractivity contribution in [3.05, 3.63) is 22.8 Å². The van der Waals surface area contributed by atoms with E-state index in [0.717, 1.165) is 13.2 Å². The van der Waals surface area contributed by atoms with Crippen molar-refractivity contribution in [3.8, 4) is 0 Å². The predicted octanol–water partition coefficient (Wildman–Crippen LogP) is 3.08. The van der Waals surface area contributed by atoms with Crippen molar-refractivity contribution in [2.45, 2.75) is 33.6 Å². The zero-order chi connectivity index (χ0) is 8.97. The maximum absolute atomic E-state index is 5.32. The number of allylic oxidation sites excluding steroid dienone is 1. The van der Waals surface area contributed by atoms with Crippen LogP contribution >= 0.6 is 0 Å². The topological polar surface area (TPSA) is 9.23 Å². The maximum Gasteiger partial charge on any atom is 0.0721 e. The molecule has 12 heavy (non-hydrogen) atoms. The Balaban J connectivity index is 0.000000336. The van der Waals surface area contributed by atoms with E-state index in [0.29, 0.717) is 0 Å². The quantitative estimate of drug-likeness (QED) is 0.537. The fourth-order valence-corrected chi connectivity index (χ4v) is 1.57. The van der Waals surface area contributed by atoms with Crippen LogP contribution in [0.3, 0.4) is 0 Å². The van der Waals surface area contributed by atoms with Gasteiger partial charge in [0.15, 0.2) is 0 Å². The third-order valence-electron chi connectivity index (χ3n) is 2.23. The van der Waals surface area contributed by atoms with E-state index < -0.39 is 0 Å². The third kappa shape index (κ3) is 1.98. The summed E-state index contributed by atoms with van der Waals surface area (Å²) in [6, 6.07) is 0. The molecule has 0 aromatic heterocycles. The van der Waals surface area contributed by atoms with Gasteiger partial charge in [-0.2, -0.15) is 0 Å². The van der Waals surface area contributed by atoms with Gasteiger partial charge in [-0.05, 0) is 30.9 Å². The van der Waals surface area contributed by atoms with Crippen LogP contribution in [0.25, 0.3) is 0 Å². The van der Waals surface area contributed by atoms with E-state index >= 15 is 0 Å². The molecular weight excluding hydrogens is 148 g/mol. The second-order valence-electron chi connectivity index (χ2n) is 3.11. The minimum Gasteiger partial charge on any atom is -0.372 e. The Morgan fingerprint density at radius 2 is 1.92 bits per heavy atom. The van der Waals surface area contributed by atoms with Crippen molar-refractivity contribution in [2.75, 3.05) is 13.2 Å². The van der Waals surface area contributed by atoms with E-state index in [1.54, 1.807) is 0 Å². The van der Waals surface area contributed by atoms with Gasteiger partial charge in [-0.3, -0.25) is 0 Å². The lowest BCUT2D eigenvalue weighted by molar-refractivity contribution is 0.204. The summed E-state index contributed by atoms with van der Waals surface area (Å²) in [4.78, 5) is 0. The zero-order valence-corrected chi connectivity index (χ0v) is 8.31. The van der Waals surface area contributed by atoms with Crippen molar-refractivity contribution in [2.24, 2.45) is 0 Å². The monoisotopic (exact) mass is 166 g/mol. The molecule has 0 bridgehead atoms. The molecule has 2 rings (SSSR count). The number of hydrogen-bond acceptors (Lipinski definition) is 1. The molecule has 0 atom stereocenters. The Kier molecular flexibility index (Phi) is 3.54. The first kappa shape index (κ1) is 9.53. The summed E-state index contributed by atoms with van der Waals surface area (Å²) in [6.07, 6.45) is 4.76. The Morgan fingerprint density at radius 1 is 1.17 bits per heavy atom. The maximum atomic E-state index is 5.32. The van der Waals surface area contributed by atoms with Crippen LogP contribution in [0.4, 0.5) is 0 Å². The molecule has 1 heterocycles. The molecule has 0 N–H and O–H groups in total. The minimum atomic E-state index is 0.854. The Morgan fingerprint density at radius 3 is 2.67 bits per heavy atom. The molecule has 1 heteroatoms. The molecule has 1 nitrogen and oxygen atoms in total. The zero-order valence-electron chi connectivity index (χ0n) is 8.31. The average Bonchev–Trinajstić information content (AvgIpc) is 2.54. The predicted molar refractivity (Wildman–Crippen MR) is 52.2 cm³/mol. The highest BCUT2D eigenvalue weighted by atomic mass is 16.5. The second-order valence-corrected chi connectivity index (χ2v) is 3.11. The van der Waals surface area contributed by atoms with Crippen molar-refractivity contribution in [1.82, 2.24) is 0 Å². The molecule has 68 valence electrons. The Hall–Kier alpha value is -0.560. The fraction of sp³-hybridized carbons (Fsp3) is 0.636. The van der Waals surface area contributed by atoms with Crippen LogP contribution < -0.4 is 0 Å². The molecule has 0 saturated heterocycles. The molecule has 0 saturated carbocycles. The van der Waals surface area contributed by atoms with Crippen LogP contribution in [0.2, 0.25) is 0 Å². The lowest BCUT2D eigenvalue weighted by atomic mass is 9.95. The average molecular weight is 166 g/mol. The van der Waals surface area contributed by atoms with Gasteiger partial charge in [0.25, 0.3) is 0 Å². The molecule has 0 spiro atoms. The molecule has 1 aliphatic carbocycles. The van der Waals surface area contributed by atoms with Crippen molar-refractivity contribution in [3.63, 3.8) is 0 Å². The van der Waals surface area contributed by atoms with E-state index in [2.05, 4.69) is 13.0 Å². The van der Waals surface area contributed by atoms with E-state index in [9.17, 15) is 0 Å². The van der Waals surface area contributed by atoms with Crippen molar-refractivity contribution in [1.29, 1.82) is 0 Å². The highest BCUT2D eigenvalue weighted by Gasteiger charge is 2.16. The number of ether oxygens (including phenoxy) is 1. The molecule has 2 aliphatic rings. The van der Waals surface area contributed by atoms with Gasteiger partial charge in [-0.15, -0.1) is 0 Å². The van der Waals surface area contributed by atoms with Gasteiger partial charge in [-0.25, -0.2) is 0 Å². The van der Waals surface area contributed by atoms with Gasteiger partial charge in [0.2, 0.25) is 0 Å². The molecule has 0 amide bonds. The highest BCUT2D eigenvalue weighted by Crippen LogP contribution is 2.27. The highest BCUT2D eigenvalue weighted by molar-refractivity contribution is 5.35. The standard InChI is InChI=1S/C9H12O.C2H6/c1-7-2-3-8-5-10-6-9(8)4-7;1-2/h4H,2-3,5-6H2,1H3;1-2H3. The van der Waals surface area contributed by atoms with Gasteiger partial charge < -0.3 is 4.74 Å². The SMILES string of the molecule is CC.CC1=CC2=C(CC1)COC2. The fourth-order valence-electron chi connectivity index (χ4n) is 1.57. The van der Waals surface area contributed by atoms with Crippen molar-refractivity contribution >= 4 is 0 Å². The van der Waals surface area contributed by atoms with Crippen LogP contribution in [0, 0.1) is 0 Å². The van der Waals surface area contributed by atoms with E-state index in [-0.39, 0.29) is 0 Å². The summed E-state index contributed by atoms with van der Waals surface area (Å²) in [6.45, 7) is 7.94. The first-order valence-electron chi connectivity index (χ1n) is 4.82. The van der Waals surface area contributed by atoms with Crippen LogP contribution in [0.15, 0.2) is 22.8 Å². The first-order chi connectivity index (χ1) is 5.86. The van der Waals surface area contributed by atoms with Gasteiger partial charge in [0, 0.05) is 0 Å². The summed E-state index contributed by atoms with van der Waals surface area (Å²) >= 11 is 0. The smallest absolute Gasteiger partial charge is 0.0721 e. The summed E-state index contributed by atoms with van der Waals surface area (Å²) < 4.78 is 5.32. The van der Waals surface area contributed by atoms with Crippen molar-refractivity contribution < 1.29 is 4.74 Å². The largest absolute Gasteiger partial charge is 0.372 e. The van der Waals surface area contributed by atoms with Gasteiger partial charge >= 0.3 is 0 Å². The molecular formula is C11H18O. The molecule has 0 aromatic carbocycles. The number of rotatable bonds is 0. The van der Waals surface area contributed by atoms with Crippen LogP contribution in [-0.2, 0) is 4.74 Å². The van der Waals surface area contributed by atoms with E-state index in [1.165, 1.54) is 29.6 Å². The Bertz CT molecular complexity index is 211. The second kappa shape index (κ2) is 4.46. The third-order valence-corrected chi connectivity index (χ3v) is 2.23. The van der Waals surface area contributed by atoms with E-state index in [1.807, 2.05) is 13.8 Å². The first-order valence-corrected chi connectivity index (χ1v) is 4.82. The molecule has 0 unspecified atom stereocenters. The lowest BCUT2D eigenvalue weighted by Gasteiger charge is -2.09. The summed E-state index contributed by atoms with van der Waals surface area (Å²) in [5.41, 5.74) is 4.48. The molecule has 0 fully saturated rings. The molecule has 0 radical (unpaired) electrons. The van der Waals surface area contributed by atoms with E-state index in [4.69, 9.17) is 4.74 Å². The summed E-state index contributed by atoms with van der Waals surface area (Å²) in [5.74, 6) is 0. The lowest BCUT2D eigenvalue weighted by Crippen LogP contribution is -1.94. The molecule has 1 aliphatic heterocycles.